The molecule has 3 fully saturated rings. The molecule has 2 amide bonds. The van der Waals surface area contributed by atoms with Crippen LogP contribution < -0.4 is 0 Å². The SMILES string of the molecule is CS(=O)(=O)N1CCCCC1C(=O)N1CCN(CC(=O)N2CCCC2)CC1. The summed E-state index contributed by atoms with van der Waals surface area (Å²) in [6.45, 7) is 5.01. The first-order chi connectivity index (χ1) is 12.4. The summed E-state index contributed by atoms with van der Waals surface area (Å²) in [6, 6.07) is -0.559. The molecule has 0 spiro atoms. The number of piperazine rings is 1. The lowest BCUT2D eigenvalue weighted by Gasteiger charge is -2.40. The van der Waals surface area contributed by atoms with Gasteiger partial charge in [-0.1, -0.05) is 6.42 Å². The topological polar surface area (TPSA) is 81.2 Å². The fraction of sp³-hybridized carbons (Fsp3) is 0.882. The van der Waals surface area contributed by atoms with Crippen LogP contribution in [0.25, 0.3) is 0 Å². The van der Waals surface area contributed by atoms with Crippen LogP contribution in [0.4, 0.5) is 0 Å². The van der Waals surface area contributed by atoms with Gasteiger partial charge in [0.15, 0.2) is 0 Å². The number of hydrogen-bond acceptors (Lipinski definition) is 5. The molecule has 0 aromatic rings. The van der Waals surface area contributed by atoms with Crippen molar-refractivity contribution in [1.29, 1.82) is 0 Å². The molecule has 1 atom stereocenters. The second-order valence-corrected chi connectivity index (χ2v) is 9.51. The summed E-state index contributed by atoms with van der Waals surface area (Å²) in [4.78, 5) is 30.9. The highest BCUT2D eigenvalue weighted by atomic mass is 32.2. The van der Waals surface area contributed by atoms with Crippen molar-refractivity contribution >= 4 is 21.8 Å². The summed E-state index contributed by atoms with van der Waals surface area (Å²) in [5.74, 6) is 0.0958. The summed E-state index contributed by atoms with van der Waals surface area (Å²) in [6.07, 6.45) is 5.65. The van der Waals surface area contributed by atoms with Crippen LogP contribution in [0.5, 0.6) is 0 Å². The summed E-state index contributed by atoms with van der Waals surface area (Å²) in [5, 5.41) is 0. The van der Waals surface area contributed by atoms with E-state index in [0.29, 0.717) is 45.7 Å². The zero-order valence-electron chi connectivity index (χ0n) is 15.6. The van der Waals surface area contributed by atoms with Gasteiger partial charge in [0.2, 0.25) is 21.8 Å². The van der Waals surface area contributed by atoms with E-state index >= 15 is 0 Å². The first-order valence-electron chi connectivity index (χ1n) is 9.62. The van der Waals surface area contributed by atoms with Gasteiger partial charge < -0.3 is 9.80 Å². The second kappa shape index (κ2) is 8.22. The van der Waals surface area contributed by atoms with Crippen LogP contribution in [0.2, 0.25) is 0 Å². The van der Waals surface area contributed by atoms with Crippen LogP contribution >= 0.6 is 0 Å². The normalized spacial score (nSPS) is 26.3. The van der Waals surface area contributed by atoms with Gasteiger partial charge in [0.05, 0.1) is 12.8 Å². The van der Waals surface area contributed by atoms with Gasteiger partial charge >= 0.3 is 0 Å². The summed E-state index contributed by atoms with van der Waals surface area (Å²) in [5.41, 5.74) is 0. The molecule has 9 heteroatoms. The van der Waals surface area contributed by atoms with Gasteiger partial charge in [-0.05, 0) is 25.7 Å². The van der Waals surface area contributed by atoms with Crippen LogP contribution in [-0.4, -0.2) is 104 Å². The van der Waals surface area contributed by atoms with Gasteiger partial charge in [-0.25, -0.2) is 8.42 Å². The number of carbonyl (C=O) groups is 2. The average Bonchev–Trinajstić information content (AvgIpc) is 3.16. The van der Waals surface area contributed by atoms with E-state index in [4.69, 9.17) is 0 Å². The van der Waals surface area contributed by atoms with E-state index in [1.165, 1.54) is 10.6 Å². The molecule has 3 heterocycles. The van der Waals surface area contributed by atoms with E-state index in [-0.39, 0.29) is 11.8 Å². The maximum absolute atomic E-state index is 12.9. The monoisotopic (exact) mass is 386 g/mol. The van der Waals surface area contributed by atoms with E-state index in [2.05, 4.69) is 4.90 Å². The molecule has 0 aromatic carbocycles. The Hall–Kier alpha value is -1.19. The van der Waals surface area contributed by atoms with Crippen molar-refractivity contribution < 1.29 is 18.0 Å². The molecule has 0 aliphatic carbocycles. The largest absolute Gasteiger partial charge is 0.342 e. The minimum atomic E-state index is -3.37. The maximum atomic E-state index is 12.9. The molecule has 0 aromatic heterocycles. The van der Waals surface area contributed by atoms with Crippen LogP contribution in [0.1, 0.15) is 32.1 Å². The van der Waals surface area contributed by atoms with Gasteiger partial charge in [-0.3, -0.25) is 14.5 Å². The van der Waals surface area contributed by atoms with Crippen molar-refractivity contribution in [1.82, 2.24) is 19.0 Å². The number of piperidine rings is 1. The lowest BCUT2D eigenvalue weighted by atomic mass is 10.0. The predicted octanol–water partition coefficient (Wildman–Crippen LogP) is -0.433. The van der Waals surface area contributed by atoms with Crippen molar-refractivity contribution in [3.63, 3.8) is 0 Å². The van der Waals surface area contributed by atoms with E-state index in [9.17, 15) is 18.0 Å². The minimum absolute atomic E-state index is 0.0827. The van der Waals surface area contributed by atoms with Crippen LogP contribution in [0.3, 0.4) is 0 Å². The Kier molecular flexibility index (Phi) is 6.19. The van der Waals surface area contributed by atoms with Crippen LogP contribution in [-0.2, 0) is 19.6 Å². The third kappa shape index (κ3) is 4.55. The molecule has 3 saturated heterocycles. The molecular weight excluding hydrogens is 356 g/mol. The smallest absolute Gasteiger partial charge is 0.241 e. The van der Waals surface area contributed by atoms with Gasteiger partial charge in [-0.2, -0.15) is 4.31 Å². The zero-order valence-corrected chi connectivity index (χ0v) is 16.4. The molecule has 8 nitrogen and oxygen atoms in total. The molecule has 0 bridgehead atoms. The Morgan fingerprint density at radius 1 is 0.846 bits per heavy atom. The maximum Gasteiger partial charge on any atom is 0.241 e. The first-order valence-corrected chi connectivity index (χ1v) is 11.5. The van der Waals surface area contributed by atoms with Crippen molar-refractivity contribution in [3.05, 3.63) is 0 Å². The predicted molar refractivity (Wildman–Crippen MR) is 98.0 cm³/mol. The van der Waals surface area contributed by atoms with E-state index < -0.39 is 16.1 Å². The Labute approximate surface area is 156 Å². The Balaban J connectivity index is 1.52. The summed E-state index contributed by atoms with van der Waals surface area (Å²) < 4.78 is 25.3. The molecule has 3 aliphatic rings. The Morgan fingerprint density at radius 3 is 2.08 bits per heavy atom. The summed E-state index contributed by atoms with van der Waals surface area (Å²) >= 11 is 0. The fourth-order valence-corrected chi connectivity index (χ4v) is 5.26. The number of amides is 2. The standard InChI is InChI=1S/C17H30N4O4S/c1-26(24,25)21-9-3-2-6-15(21)17(23)20-12-10-18(11-13-20)14-16(22)19-7-4-5-8-19/h15H,2-14H2,1H3. The van der Waals surface area contributed by atoms with Gasteiger partial charge in [0.25, 0.3) is 0 Å². The molecular formula is C17H30N4O4S. The highest BCUT2D eigenvalue weighted by Crippen LogP contribution is 2.22. The fourth-order valence-electron chi connectivity index (χ4n) is 4.14. The summed E-state index contributed by atoms with van der Waals surface area (Å²) in [7, 11) is -3.37. The van der Waals surface area contributed by atoms with Gasteiger partial charge in [-0.15, -0.1) is 0 Å². The molecule has 1 unspecified atom stereocenters. The van der Waals surface area contributed by atoms with Crippen LogP contribution in [0, 0.1) is 0 Å². The number of sulfonamides is 1. The zero-order chi connectivity index (χ0) is 18.7. The lowest BCUT2D eigenvalue weighted by Crippen LogP contribution is -2.57. The number of rotatable bonds is 4. The lowest BCUT2D eigenvalue weighted by molar-refractivity contribution is -0.138. The van der Waals surface area contributed by atoms with E-state index in [1.54, 1.807) is 4.90 Å². The number of hydrogen-bond donors (Lipinski definition) is 0. The molecule has 3 aliphatic heterocycles. The molecule has 148 valence electrons. The van der Waals surface area contributed by atoms with E-state index in [1.807, 2.05) is 4.90 Å². The first kappa shape index (κ1) is 19.6. The Morgan fingerprint density at radius 2 is 1.46 bits per heavy atom. The highest BCUT2D eigenvalue weighted by molar-refractivity contribution is 7.88. The molecule has 0 saturated carbocycles. The highest BCUT2D eigenvalue weighted by Gasteiger charge is 2.37. The average molecular weight is 387 g/mol. The number of carbonyl (C=O) groups excluding carboxylic acids is 2. The van der Waals surface area contributed by atoms with Gasteiger partial charge in [0.1, 0.15) is 6.04 Å². The number of nitrogens with zero attached hydrogens (tertiary/aromatic N) is 4. The van der Waals surface area contributed by atoms with Crippen molar-refractivity contribution in [3.8, 4) is 0 Å². The molecule has 3 rings (SSSR count). The number of likely N-dealkylation sites (tertiary alicyclic amines) is 1. The minimum Gasteiger partial charge on any atom is -0.342 e. The van der Waals surface area contributed by atoms with E-state index in [0.717, 1.165) is 38.8 Å². The second-order valence-electron chi connectivity index (χ2n) is 7.57. The molecule has 26 heavy (non-hydrogen) atoms. The van der Waals surface area contributed by atoms with Crippen molar-refractivity contribution in [2.75, 3.05) is 58.6 Å². The van der Waals surface area contributed by atoms with Gasteiger partial charge in [0, 0.05) is 45.8 Å². The third-order valence-corrected chi connectivity index (χ3v) is 6.96. The Bertz CT molecular complexity index is 625. The molecule has 0 N–H and O–H groups in total. The van der Waals surface area contributed by atoms with Crippen molar-refractivity contribution in [2.24, 2.45) is 0 Å². The molecule has 0 radical (unpaired) electrons. The van der Waals surface area contributed by atoms with Crippen molar-refractivity contribution in [2.45, 2.75) is 38.1 Å². The van der Waals surface area contributed by atoms with Crippen LogP contribution in [0.15, 0.2) is 0 Å². The quantitative estimate of drug-likeness (QED) is 0.655. The third-order valence-electron chi connectivity index (χ3n) is 5.67.